The minimum Gasteiger partial charge on any atom is -0.347 e. The SMILES string of the molecule is CCn1nnc(NCc2ccc(Cl)cc2Cl)n1. The Hall–Kier alpha value is -1.33. The van der Waals surface area contributed by atoms with Crippen LogP contribution in [-0.4, -0.2) is 20.2 Å². The van der Waals surface area contributed by atoms with Gasteiger partial charge in [-0.05, 0) is 29.8 Å². The molecule has 2 aromatic rings. The molecule has 17 heavy (non-hydrogen) atoms. The molecule has 0 aliphatic carbocycles. The molecule has 2 rings (SSSR count). The number of benzene rings is 1. The molecule has 1 heterocycles. The summed E-state index contributed by atoms with van der Waals surface area (Å²) in [6, 6.07) is 5.36. The van der Waals surface area contributed by atoms with Crippen LogP contribution in [0.3, 0.4) is 0 Å². The molecule has 0 atom stereocenters. The second-order valence-electron chi connectivity index (χ2n) is 3.39. The average molecular weight is 272 g/mol. The summed E-state index contributed by atoms with van der Waals surface area (Å²) in [6.07, 6.45) is 0. The number of aryl methyl sites for hydroxylation is 1. The summed E-state index contributed by atoms with van der Waals surface area (Å²) in [6.45, 7) is 3.17. The van der Waals surface area contributed by atoms with Crippen LogP contribution in [0.2, 0.25) is 10.0 Å². The lowest BCUT2D eigenvalue weighted by atomic mass is 10.2. The molecule has 0 saturated heterocycles. The first-order valence-corrected chi connectivity index (χ1v) is 5.90. The molecule has 0 bridgehead atoms. The molecule has 0 fully saturated rings. The van der Waals surface area contributed by atoms with E-state index in [1.165, 1.54) is 4.80 Å². The number of rotatable bonds is 4. The summed E-state index contributed by atoms with van der Waals surface area (Å²) in [5.41, 5.74) is 0.934. The summed E-state index contributed by atoms with van der Waals surface area (Å²) in [4.78, 5) is 1.51. The van der Waals surface area contributed by atoms with E-state index in [-0.39, 0.29) is 0 Å². The van der Waals surface area contributed by atoms with Crippen molar-refractivity contribution in [2.24, 2.45) is 0 Å². The number of halogens is 2. The standard InChI is InChI=1S/C10H11Cl2N5/c1-2-17-15-10(14-16-17)13-6-7-3-4-8(11)5-9(7)12/h3-5H,2,6H2,1H3,(H,13,15). The van der Waals surface area contributed by atoms with E-state index in [4.69, 9.17) is 23.2 Å². The van der Waals surface area contributed by atoms with E-state index in [1.807, 2.05) is 13.0 Å². The lowest BCUT2D eigenvalue weighted by Gasteiger charge is -2.04. The quantitative estimate of drug-likeness (QED) is 0.929. The van der Waals surface area contributed by atoms with Gasteiger partial charge in [0.1, 0.15) is 0 Å². The van der Waals surface area contributed by atoms with Crippen LogP contribution < -0.4 is 5.32 Å². The summed E-state index contributed by atoms with van der Waals surface area (Å²) in [5, 5.41) is 16.1. The molecular formula is C10H11Cl2N5. The number of hydrogen-bond acceptors (Lipinski definition) is 4. The van der Waals surface area contributed by atoms with Gasteiger partial charge in [-0.3, -0.25) is 0 Å². The van der Waals surface area contributed by atoms with E-state index in [0.717, 1.165) is 5.56 Å². The minimum atomic E-state index is 0.484. The molecule has 1 aromatic heterocycles. The van der Waals surface area contributed by atoms with Crippen LogP contribution in [0.4, 0.5) is 5.95 Å². The van der Waals surface area contributed by atoms with Crippen LogP contribution in [0.25, 0.3) is 0 Å². The molecule has 1 N–H and O–H groups in total. The highest BCUT2D eigenvalue weighted by molar-refractivity contribution is 6.35. The van der Waals surface area contributed by atoms with Gasteiger partial charge < -0.3 is 5.32 Å². The van der Waals surface area contributed by atoms with E-state index in [2.05, 4.69) is 20.7 Å². The van der Waals surface area contributed by atoms with Crippen LogP contribution in [0.1, 0.15) is 12.5 Å². The van der Waals surface area contributed by atoms with Gasteiger partial charge in [-0.1, -0.05) is 34.4 Å². The van der Waals surface area contributed by atoms with Gasteiger partial charge in [0.2, 0.25) is 0 Å². The van der Waals surface area contributed by atoms with Crippen molar-refractivity contribution >= 4 is 29.2 Å². The van der Waals surface area contributed by atoms with Gasteiger partial charge in [0.25, 0.3) is 5.95 Å². The van der Waals surface area contributed by atoms with Crippen molar-refractivity contribution in [1.82, 2.24) is 20.2 Å². The second-order valence-corrected chi connectivity index (χ2v) is 4.23. The lowest BCUT2D eigenvalue weighted by Crippen LogP contribution is -2.03. The van der Waals surface area contributed by atoms with Crippen molar-refractivity contribution in [3.05, 3.63) is 33.8 Å². The highest BCUT2D eigenvalue weighted by Gasteiger charge is 2.04. The van der Waals surface area contributed by atoms with Crippen molar-refractivity contribution < 1.29 is 0 Å². The Morgan fingerprint density at radius 1 is 1.35 bits per heavy atom. The molecule has 0 amide bonds. The van der Waals surface area contributed by atoms with Gasteiger partial charge in [0.15, 0.2) is 0 Å². The fourth-order valence-electron chi connectivity index (χ4n) is 1.29. The monoisotopic (exact) mass is 271 g/mol. The molecule has 5 nitrogen and oxygen atoms in total. The van der Waals surface area contributed by atoms with E-state index in [1.54, 1.807) is 12.1 Å². The van der Waals surface area contributed by atoms with Crippen LogP contribution in [-0.2, 0) is 13.1 Å². The third kappa shape index (κ3) is 3.08. The second kappa shape index (κ2) is 5.33. The molecule has 0 aliphatic rings. The van der Waals surface area contributed by atoms with Gasteiger partial charge in [-0.25, -0.2) is 0 Å². The van der Waals surface area contributed by atoms with Gasteiger partial charge in [0.05, 0.1) is 6.54 Å². The van der Waals surface area contributed by atoms with Crippen LogP contribution in [0.5, 0.6) is 0 Å². The Morgan fingerprint density at radius 3 is 2.82 bits per heavy atom. The smallest absolute Gasteiger partial charge is 0.263 e. The molecule has 0 spiro atoms. The van der Waals surface area contributed by atoms with Crippen molar-refractivity contribution in [2.45, 2.75) is 20.0 Å². The number of nitrogens with one attached hydrogen (secondary N) is 1. The van der Waals surface area contributed by atoms with Crippen molar-refractivity contribution in [3.63, 3.8) is 0 Å². The third-order valence-electron chi connectivity index (χ3n) is 2.19. The Labute approximate surface area is 109 Å². The third-order valence-corrected chi connectivity index (χ3v) is 2.77. The maximum absolute atomic E-state index is 6.04. The van der Waals surface area contributed by atoms with Crippen molar-refractivity contribution in [1.29, 1.82) is 0 Å². The number of aromatic nitrogens is 4. The highest BCUT2D eigenvalue weighted by Crippen LogP contribution is 2.21. The normalized spacial score (nSPS) is 10.5. The highest BCUT2D eigenvalue weighted by atomic mass is 35.5. The Morgan fingerprint density at radius 2 is 2.18 bits per heavy atom. The zero-order valence-corrected chi connectivity index (χ0v) is 10.7. The van der Waals surface area contributed by atoms with E-state index < -0.39 is 0 Å². The van der Waals surface area contributed by atoms with Gasteiger partial charge >= 0.3 is 0 Å². The molecule has 0 radical (unpaired) electrons. The Balaban J connectivity index is 2.02. The summed E-state index contributed by atoms with van der Waals surface area (Å²) >= 11 is 11.9. The van der Waals surface area contributed by atoms with Crippen LogP contribution >= 0.6 is 23.2 Å². The molecule has 90 valence electrons. The zero-order valence-electron chi connectivity index (χ0n) is 9.19. The zero-order chi connectivity index (χ0) is 12.3. The number of anilines is 1. The van der Waals surface area contributed by atoms with E-state index in [0.29, 0.717) is 29.1 Å². The first-order chi connectivity index (χ1) is 8.19. The number of nitrogens with zero attached hydrogens (tertiary/aromatic N) is 4. The fourth-order valence-corrected chi connectivity index (χ4v) is 1.76. The lowest BCUT2D eigenvalue weighted by molar-refractivity contribution is 0.552. The summed E-state index contributed by atoms with van der Waals surface area (Å²) in [5.74, 6) is 0.484. The average Bonchev–Trinajstić information content (AvgIpc) is 2.76. The first kappa shape index (κ1) is 12.1. The summed E-state index contributed by atoms with van der Waals surface area (Å²) < 4.78 is 0. The number of hydrogen-bond donors (Lipinski definition) is 1. The maximum atomic E-state index is 6.04. The molecule has 0 saturated carbocycles. The van der Waals surface area contributed by atoms with Crippen LogP contribution in [0, 0.1) is 0 Å². The fraction of sp³-hybridized carbons (Fsp3) is 0.300. The van der Waals surface area contributed by atoms with Gasteiger partial charge in [-0.2, -0.15) is 4.80 Å². The van der Waals surface area contributed by atoms with Crippen molar-refractivity contribution in [3.8, 4) is 0 Å². The predicted molar refractivity (Wildman–Crippen MR) is 67.3 cm³/mol. The predicted octanol–water partition coefficient (Wildman–Crippen LogP) is 2.61. The first-order valence-electron chi connectivity index (χ1n) is 5.14. The topological polar surface area (TPSA) is 55.6 Å². The molecule has 1 aromatic carbocycles. The Bertz CT molecular complexity index is 511. The molecular weight excluding hydrogens is 261 g/mol. The van der Waals surface area contributed by atoms with Gasteiger partial charge in [-0.15, -0.1) is 5.10 Å². The van der Waals surface area contributed by atoms with E-state index in [9.17, 15) is 0 Å². The minimum absolute atomic E-state index is 0.484. The largest absolute Gasteiger partial charge is 0.347 e. The van der Waals surface area contributed by atoms with Crippen molar-refractivity contribution in [2.75, 3.05) is 5.32 Å². The Kier molecular flexibility index (Phi) is 3.81. The summed E-state index contributed by atoms with van der Waals surface area (Å²) in [7, 11) is 0. The maximum Gasteiger partial charge on any atom is 0.263 e. The van der Waals surface area contributed by atoms with E-state index >= 15 is 0 Å². The molecule has 7 heteroatoms. The molecule has 0 aliphatic heterocycles. The van der Waals surface area contributed by atoms with Crippen LogP contribution in [0.15, 0.2) is 18.2 Å². The number of tetrazole rings is 1. The molecule has 0 unspecified atom stereocenters. The van der Waals surface area contributed by atoms with Gasteiger partial charge in [0, 0.05) is 16.6 Å².